The van der Waals surface area contributed by atoms with E-state index in [4.69, 9.17) is 5.90 Å². The fourth-order valence-electron chi connectivity index (χ4n) is 1.51. The molecule has 0 saturated carbocycles. The summed E-state index contributed by atoms with van der Waals surface area (Å²) in [6, 6.07) is 0. The molecule has 3 heteroatoms. The van der Waals surface area contributed by atoms with E-state index < -0.39 is 0 Å². The molecule has 0 spiro atoms. The molecule has 0 saturated heterocycles. The minimum atomic E-state index is -0.301. The van der Waals surface area contributed by atoms with Gasteiger partial charge in [0.1, 0.15) is 0 Å². The first-order valence-corrected chi connectivity index (χ1v) is 5.85. The fraction of sp³-hybridized carbons (Fsp3) is 0.917. The van der Waals surface area contributed by atoms with Gasteiger partial charge in [-0.2, -0.15) is 5.90 Å². The van der Waals surface area contributed by atoms with Crippen LogP contribution in [0.3, 0.4) is 0 Å². The Kier molecular flexibility index (Phi) is 7.39. The van der Waals surface area contributed by atoms with Gasteiger partial charge < -0.3 is 4.84 Å². The van der Waals surface area contributed by atoms with Crippen LogP contribution in [-0.2, 0) is 9.63 Å². The van der Waals surface area contributed by atoms with Crippen LogP contribution in [0.2, 0.25) is 0 Å². The van der Waals surface area contributed by atoms with Crippen LogP contribution in [-0.4, -0.2) is 5.97 Å². The van der Waals surface area contributed by atoms with Gasteiger partial charge in [0.05, 0.1) is 0 Å². The molecule has 90 valence electrons. The van der Waals surface area contributed by atoms with Gasteiger partial charge in [0.2, 0.25) is 0 Å². The largest absolute Gasteiger partial charge is 0.373 e. The average molecular weight is 215 g/mol. The number of hydrogen-bond acceptors (Lipinski definition) is 3. The molecular weight excluding hydrogens is 190 g/mol. The van der Waals surface area contributed by atoms with Gasteiger partial charge in [-0.1, -0.05) is 46.5 Å². The first kappa shape index (κ1) is 14.4. The highest BCUT2D eigenvalue weighted by Gasteiger charge is 2.08. The van der Waals surface area contributed by atoms with E-state index in [1.807, 2.05) is 0 Å². The summed E-state index contributed by atoms with van der Waals surface area (Å²) < 4.78 is 0. The number of carbonyl (C=O) groups is 1. The third kappa shape index (κ3) is 11.4. The molecule has 0 aromatic carbocycles. The van der Waals surface area contributed by atoms with Crippen LogP contribution in [0.15, 0.2) is 0 Å². The smallest absolute Gasteiger partial charge is 0.324 e. The quantitative estimate of drug-likeness (QED) is 0.524. The predicted octanol–water partition coefficient (Wildman–Crippen LogP) is 3.18. The van der Waals surface area contributed by atoms with Crippen molar-refractivity contribution in [3.63, 3.8) is 0 Å². The van der Waals surface area contributed by atoms with Crippen LogP contribution >= 0.6 is 0 Å². The highest BCUT2D eigenvalue weighted by molar-refractivity contribution is 5.68. The Morgan fingerprint density at radius 3 is 2.13 bits per heavy atom. The summed E-state index contributed by atoms with van der Waals surface area (Å²) >= 11 is 0. The Morgan fingerprint density at radius 1 is 1.07 bits per heavy atom. The van der Waals surface area contributed by atoms with E-state index in [9.17, 15) is 4.79 Å². The number of rotatable bonds is 7. The Labute approximate surface area is 93.3 Å². The van der Waals surface area contributed by atoms with Gasteiger partial charge in [0.25, 0.3) is 0 Å². The first-order valence-electron chi connectivity index (χ1n) is 5.85. The lowest BCUT2D eigenvalue weighted by molar-refractivity contribution is -0.144. The van der Waals surface area contributed by atoms with Crippen LogP contribution in [0, 0.1) is 5.41 Å². The molecule has 0 atom stereocenters. The standard InChI is InChI=1S/C12H25NO2/c1-12(2,3)10-8-6-4-5-7-9-11(14)15-13/h4-10,13H2,1-3H3. The summed E-state index contributed by atoms with van der Waals surface area (Å²) in [4.78, 5) is 14.8. The number of nitrogens with two attached hydrogens (primary N) is 1. The molecule has 0 unspecified atom stereocenters. The van der Waals surface area contributed by atoms with Gasteiger partial charge in [0.15, 0.2) is 0 Å². The van der Waals surface area contributed by atoms with Gasteiger partial charge in [-0.05, 0) is 18.3 Å². The molecule has 0 amide bonds. The molecule has 0 aliphatic carbocycles. The molecule has 0 radical (unpaired) electrons. The fourth-order valence-corrected chi connectivity index (χ4v) is 1.51. The molecule has 0 aromatic rings. The van der Waals surface area contributed by atoms with Crippen LogP contribution < -0.4 is 5.90 Å². The molecule has 3 nitrogen and oxygen atoms in total. The predicted molar refractivity (Wildman–Crippen MR) is 62.1 cm³/mol. The van der Waals surface area contributed by atoms with E-state index in [-0.39, 0.29) is 5.97 Å². The summed E-state index contributed by atoms with van der Waals surface area (Å²) in [5, 5.41) is 0. The molecule has 0 rings (SSSR count). The van der Waals surface area contributed by atoms with Gasteiger partial charge in [-0.15, -0.1) is 0 Å². The SMILES string of the molecule is CC(C)(C)CCCCCCCC(=O)ON. The number of hydrogen-bond donors (Lipinski definition) is 1. The zero-order valence-corrected chi connectivity index (χ0v) is 10.3. The highest BCUT2D eigenvalue weighted by atomic mass is 16.7. The zero-order valence-electron chi connectivity index (χ0n) is 10.3. The lowest BCUT2D eigenvalue weighted by Crippen LogP contribution is -2.09. The average Bonchev–Trinajstić information content (AvgIpc) is 2.14. The zero-order chi connectivity index (χ0) is 11.7. The second-order valence-electron chi connectivity index (χ2n) is 5.32. The molecule has 0 aromatic heterocycles. The third-order valence-electron chi connectivity index (χ3n) is 2.44. The molecular formula is C12H25NO2. The van der Waals surface area contributed by atoms with Crippen molar-refractivity contribution in [3.8, 4) is 0 Å². The van der Waals surface area contributed by atoms with E-state index >= 15 is 0 Å². The van der Waals surface area contributed by atoms with Gasteiger partial charge in [-0.25, -0.2) is 0 Å². The van der Waals surface area contributed by atoms with E-state index in [1.165, 1.54) is 25.7 Å². The number of carbonyl (C=O) groups excluding carboxylic acids is 1. The highest BCUT2D eigenvalue weighted by Crippen LogP contribution is 2.22. The number of unbranched alkanes of at least 4 members (excludes halogenated alkanes) is 4. The first-order chi connectivity index (χ1) is 6.95. The Hall–Kier alpha value is -0.570. The minimum Gasteiger partial charge on any atom is -0.373 e. The Morgan fingerprint density at radius 2 is 1.60 bits per heavy atom. The third-order valence-corrected chi connectivity index (χ3v) is 2.44. The van der Waals surface area contributed by atoms with Gasteiger partial charge >= 0.3 is 5.97 Å². The van der Waals surface area contributed by atoms with E-state index in [0.717, 1.165) is 12.8 Å². The van der Waals surface area contributed by atoms with Crippen LogP contribution in [0.25, 0.3) is 0 Å². The molecule has 0 heterocycles. The van der Waals surface area contributed by atoms with Gasteiger partial charge in [-0.3, -0.25) is 4.79 Å². The summed E-state index contributed by atoms with van der Waals surface area (Å²) in [6.45, 7) is 6.80. The van der Waals surface area contributed by atoms with E-state index in [0.29, 0.717) is 11.8 Å². The maximum absolute atomic E-state index is 10.7. The summed E-state index contributed by atoms with van der Waals surface area (Å²) in [6.07, 6.45) is 7.46. The maximum Gasteiger partial charge on any atom is 0.324 e. The Balaban J connectivity index is 3.16. The molecule has 0 bridgehead atoms. The lowest BCUT2D eigenvalue weighted by Gasteiger charge is -2.17. The molecule has 0 aliphatic heterocycles. The summed E-state index contributed by atoms with van der Waals surface area (Å²) in [7, 11) is 0. The normalized spacial score (nSPS) is 11.5. The van der Waals surface area contributed by atoms with Crippen molar-refractivity contribution in [2.75, 3.05) is 0 Å². The summed E-state index contributed by atoms with van der Waals surface area (Å²) in [5.74, 6) is 4.43. The van der Waals surface area contributed by atoms with E-state index in [1.54, 1.807) is 0 Å². The molecule has 0 aliphatic rings. The molecule has 0 fully saturated rings. The molecule has 15 heavy (non-hydrogen) atoms. The summed E-state index contributed by atoms with van der Waals surface area (Å²) in [5.41, 5.74) is 0.448. The second-order valence-corrected chi connectivity index (χ2v) is 5.32. The van der Waals surface area contributed by atoms with Crippen molar-refractivity contribution in [3.05, 3.63) is 0 Å². The van der Waals surface area contributed by atoms with Crippen molar-refractivity contribution in [1.82, 2.24) is 0 Å². The minimum absolute atomic E-state index is 0.301. The second kappa shape index (κ2) is 7.69. The maximum atomic E-state index is 10.7. The van der Waals surface area contributed by atoms with Crippen molar-refractivity contribution < 1.29 is 9.63 Å². The van der Waals surface area contributed by atoms with Crippen LogP contribution in [0.4, 0.5) is 0 Å². The van der Waals surface area contributed by atoms with Crippen molar-refractivity contribution >= 4 is 5.97 Å². The van der Waals surface area contributed by atoms with Crippen molar-refractivity contribution in [2.24, 2.45) is 11.3 Å². The van der Waals surface area contributed by atoms with Crippen LogP contribution in [0.1, 0.15) is 65.7 Å². The lowest BCUT2D eigenvalue weighted by atomic mass is 9.89. The molecule has 2 N–H and O–H groups in total. The van der Waals surface area contributed by atoms with Crippen LogP contribution in [0.5, 0.6) is 0 Å². The van der Waals surface area contributed by atoms with E-state index in [2.05, 4.69) is 25.6 Å². The van der Waals surface area contributed by atoms with Crippen molar-refractivity contribution in [2.45, 2.75) is 65.7 Å². The Bertz CT molecular complexity index is 173. The monoisotopic (exact) mass is 215 g/mol. The van der Waals surface area contributed by atoms with Gasteiger partial charge in [0, 0.05) is 6.42 Å². The van der Waals surface area contributed by atoms with Crippen molar-refractivity contribution in [1.29, 1.82) is 0 Å². The topological polar surface area (TPSA) is 52.3 Å².